The predicted octanol–water partition coefficient (Wildman–Crippen LogP) is 6.66. The van der Waals surface area contributed by atoms with Crippen LogP contribution < -0.4 is 0 Å². The lowest BCUT2D eigenvalue weighted by atomic mass is 10.1. The van der Waals surface area contributed by atoms with E-state index in [0.29, 0.717) is 0 Å². The summed E-state index contributed by atoms with van der Waals surface area (Å²) in [5, 5.41) is 0. The molecule has 0 radical (unpaired) electrons. The lowest BCUT2D eigenvalue weighted by Gasteiger charge is -2.28. The fourth-order valence-electron chi connectivity index (χ4n) is 2.59. The van der Waals surface area contributed by atoms with Crippen molar-refractivity contribution < 1.29 is 0 Å². The van der Waals surface area contributed by atoms with Crippen LogP contribution in [-0.2, 0) is 0 Å². The van der Waals surface area contributed by atoms with Gasteiger partial charge in [-0.1, -0.05) is 79.1 Å². The van der Waals surface area contributed by atoms with Crippen LogP contribution in [0.15, 0.2) is 0 Å². The minimum Gasteiger partial charge on any atom is -0.273 e. The van der Waals surface area contributed by atoms with Crippen molar-refractivity contribution in [3.63, 3.8) is 0 Å². The maximum atomic E-state index is 2.73. The van der Waals surface area contributed by atoms with Gasteiger partial charge in [0.05, 0.1) is 0 Å². The van der Waals surface area contributed by atoms with Gasteiger partial charge in [-0.2, -0.15) is 0 Å². The normalized spacial score (nSPS) is 11.7. The Bertz CT molecular complexity index is 188. The zero-order valence-electron chi connectivity index (χ0n) is 15.7. The first kappa shape index (κ1) is 25.1. The Morgan fingerprint density at radius 3 is 1.32 bits per heavy atom. The molecule has 0 aliphatic rings. The molecule has 136 valence electrons. The first-order valence-electron chi connectivity index (χ1n) is 9.54. The lowest BCUT2D eigenvalue weighted by Crippen LogP contribution is -2.25. The van der Waals surface area contributed by atoms with Gasteiger partial charge in [0.2, 0.25) is 0 Å². The van der Waals surface area contributed by atoms with Gasteiger partial charge in [-0.05, 0) is 12.8 Å². The van der Waals surface area contributed by atoms with Crippen molar-refractivity contribution in [3.8, 4) is 0 Å². The van der Waals surface area contributed by atoms with Crippen molar-refractivity contribution in [2.75, 3.05) is 26.2 Å². The van der Waals surface area contributed by atoms with Crippen LogP contribution in [-0.4, -0.2) is 35.5 Å². The molecule has 0 aromatic carbocycles. The van der Waals surface area contributed by atoms with Crippen LogP contribution in [0.25, 0.3) is 0 Å². The van der Waals surface area contributed by atoms with Crippen LogP contribution in [0.2, 0.25) is 0 Å². The van der Waals surface area contributed by atoms with Crippen LogP contribution in [0.1, 0.15) is 91.9 Å². The Morgan fingerprint density at radius 1 is 0.545 bits per heavy atom. The van der Waals surface area contributed by atoms with Gasteiger partial charge in [-0.15, -0.1) is 17.0 Å². The van der Waals surface area contributed by atoms with E-state index in [4.69, 9.17) is 0 Å². The number of halogens is 1. The quantitative estimate of drug-likeness (QED) is 0.212. The fourth-order valence-corrected chi connectivity index (χ4v) is 3.79. The van der Waals surface area contributed by atoms with Gasteiger partial charge in [-0.25, -0.2) is 0 Å². The van der Waals surface area contributed by atoms with Crippen LogP contribution in [0.5, 0.6) is 0 Å². The number of nitrogens with zero attached hydrogens (tertiary/aromatic N) is 2. The molecule has 0 fully saturated rings. The first-order valence-corrected chi connectivity index (χ1v) is 10.4. The monoisotopic (exact) mass is 396 g/mol. The van der Waals surface area contributed by atoms with Gasteiger partial charge < -0.3 is 0 Å². The Hall–Kier alpha value is 0.830. The van der Waals surface area contributed by atoms with E-state index in [2.05, 4.69) is 37.0 Å². The number of hydrogen-bond acceptors (Lipinski definition) is 2. The lowest BCUT2D eigenvalue weighted by molar-refractivity contribution is 0.387. The molecule has 0 bridgehead atoms. The van der Waals surface area contributed by atoms with Crippen molar-refractivity contribution in [3.05, 3.63) is 0 Å². The summed E-state index contributed by atoms with van der Waals surface area (Å²) in [6.45, 7) is 14.2. The highest BCUT2D eigenvalue weighted by atomic mass is 79.9. The Kier molecular flexibility index (Phi) is 22.7. The molecule has 0 saturated heterocycles. The zero-order chi connectivity index (χ0) is 15.8. The molecule has 0 aromatic heterocycles. The van der Waals surface area contributed by atoms with E-state index in [0.717, 1.165) is 8.88 Å². The standard InChI is InChI=1S/C18H41N2P.BrH/c1-5-9-11-13-15-17-20(21-19(7-3)8-4)18-16-14-12-10-6-2;/h21H,5-18H2,1-4H3;1H. The second-order valence-electron chi connectivity index (χ2n) is 6.09. The van der Waals surface area contributed by atoms with Crippen LogP contribution in [0.4, 0.5) is 0 Å². The largest absolute Gasteiger partial charge is 0.273 e. The fraction of sp³-hybridized carbons (Fsp3) is 1.00. The third-order valence-corrected chi connectivity index (χ3v) is 5.75. The van der Waals surface area contributed by atoms with E-state index in [-0.39, 0.29) is 17.0 Å². The molecule has 0 aliphatic heterocycles. The van der Waals surface area contributed by atoms with Gasteiger partial charge in [0.15, 0.2) is 0 Å². The van der Waals surface area contributed by atoms with Gasteiger partial charge in [-0.3, -0.25) is 9.34 Å². The molecule has 1 unspecified atom stereocenters. The summed E-state index contributed by atoms with van der Waals surface area (Å²) in [5.41, 5.74) is 0. The van der Waals surface area contributed by atoms with Gasteiger partial charge >= 0.3 is 0 Å². The van der Waals surface area contributed by atoms with Gasteiger partial charge in [0.1, 0.15) is 0 Å². The van der Waals surface area contributed by atoms with E-state index < -0.39 is 0 Å². The smallest absolute Gasteiger partial charge is 0.0240 e. The van der Waals surface area contributed by atoms with E-state index >= 15 is 0 Å². The molecule has 2 nitrogen and oxygen atoms in total. The number of hydrogen-bond donors (Lipinski definition) is 0. The second kappa shape index (κ2) is 19.9. The molecule has 4 heteroatoms. The molecule has 0 spiro atoms. The van der Waals surface area contributed by atoms with Gasteiger partial charge in [0, 0.05) is 35.1 Å². The maximum absolute atomic E-state index is 2.73. The Labute approximate surface area is 153 Å². The van der Waals surface area contributed by atoms with Crippen molar-refractivity contribution in [2.24, 2.45) is 0 Å². The topological polar surface area (TPSA) is 6.48 Å². The summed E-state index contributed by atoms with van der Waals surface area (Å²) < 4.78 is 5.31. The molecule has 0 rings (SSSR count). The molecule has 22 heavy (non-hydrogen) atoms. The second-order valence-corrected chi connectivity index (χ2v) is 7.55. The van der Waals surface area contributed by atoms with Crippen molar-refractivity contribution in [1.82, 2.24) is 9.34 Å². The minimum absolute atomic E-state index is 0. The molecule has 1 atom stereocenters. The highest BCUT2D eigenvalue weighted by Crippen LogP contribution is 2.25. The maximum Gasteiger partial charge on any atom is 0.0240 e. The highest BCUT2D eigenvalue weighted by Gasteiger charge is 2.08. The molecular formula is C18H42BrN2P. The average Bonchev–Trinajstić information content (AvgIpc) is 2.51. The number of rotatable bonds is 16. The zero-order valence-corrected chi connectivity index (χ0v) is 18.4. The van der Waals surface area contributed by atoms with Crippen LogP contribution in [0, 0.1) is 0 Å². The van der Waals surface area contributed by atoms with Crippen LogP contribution in [0.3, 0.4) is 0 Å². The minimum atomic E-state index is 0. The molecule has 0 saturated carbocycles. The highest BCUT2D eigenvalue weighted by molar-refractivity contribution is 8.93. The molecule has 0 aromatic rings. The van der Waals surface area contributed by atoms with E-state index in [1.807, 2.05) is 0 Å². The van der Waals surface area contributed by atoms with E-state index in [1.165, 1.54) is 90.4 Å². The molecule has 0 N–H and O–H groups in total. The third-order valence-electron chi connectivity index (χ3n) is 4.11. The molecule has 0 amide bonds. The molecule has 0 heterocycles. The predicted molar refractivity (Wildman–Crippen MR) is 111 cm³/mol. The van der Waals surface area contributed by atoms with Crippen molar-refractivity contribution in [2.45, 2.75) is 91.9 Å². The number of unbranched alkanes of at least 4 members (excludes halogenated alkanes) is 8. The Balaban J connectivity index is 0. The average molecular weight is 397 g/mol. The summed E-state index contributed by atoms with van der Waals surface area (Å²) in [5.74, 6) is 0. The van der Waals surface area contributed by atoms with Gasteiger partial charge in [0.25, 0.3) is 0 Å². The summed E-state index contributed by atoms with van der Waals surface area (Å²) in [6.07, 6.45) is 14.0. The summed E-state index contributed by atoms with van der Waals surface area (Å²) in [6, 6.07) is 0. The van der Waals surface area contributed by atoms with E-state index in [9.17, 15) is 0 Å². The van der Waals surface area contributed by atoms with E-state index in [1.54, 1.807) is 0 Å². The summed E-state index contributed by atoms with van der Waals surface area (Å²) in [4.78, 5) is 0. The Morgan fingerprint density at radius 2 is 0.955 bits per heavy atom. The SMILES string of the molecule is Br.CCCCCCCN(CCCCCCC)PN(CC)CC. The van der Waals surface area contributed by atoms with Crippen molar-refractivity contribution >= 4 is 25.9 Å². The summed E-state index contributed by atoms with van der Waals surface area (Å²) >= 11 is 0. The molecule has 0 aliphatic carbocycles. The van der Waals surface area contributed by atoms with Crippen LogP contribution >= 0.6 is 25.9 Å². The van der Waals surface area contributed by atoms with Crippen molar-refractivity contribution in [1.29, 1.82) is 0 Å². The summed E-state index contributed by atoms with van der Waals surface area (Å²) in [7, 11) is 0.906. The third kappa shape index (κ3) is 15.7. The first-order chi connectivity index (χ1) is 10.3. The molecular weight excluding hydrogens is 355 g/mol.